The van der Waals surface area contributed by atoms with E-state index in [9.17, 15) is 9.18 Å². The Morgan fingerprint density at radius 1 is 1.22 bits per heavy atom. The van der Waals surface area contributed by atoms with Crippen LogP contribution >= 0.6 is 11.3 Å². The van der Waals surface area contributed by atoms with E-state index in [0.717, 1.165) is 23.8 Å². The molecule has 23 heavy (non-hydrogen) atoms. The van der Waals surface area contributed by atoms with E-state index in [2.05, 4.69) is 15.2 Å². The fraction of sp³-hybridized carbons (Fsp3) is 0.375. The summed E-state index contributed by atoms with van der Waals surface area (Å²) >= 11 is 1.62. The Kier molecular flexibility index (Phi) is 5.07. The summed E-state index contributed by atoms with van der Waals surface area (Å²) in [7, 11) is 0. The number of hydrogen-bond acceptors (Lipinski definition) is 4. The van der Waals surface area contributed by atoms with Crippen LogP contribution in [0.15, 0.2) is 35.8 Å². The molecule has 0 spiro atoms. The Balaban J connectivity index is 1.40. The molecule has 0 unspecified atom stereocenters. The number of halogens is 1. The van der Waals surface area contributed by atoms with Crippen LogP contribution in [0.25, 0.3) is 0 Å². The minimum Gasteiger partial charge on any atom is -0.345 e. The number of hydrogen-bond donors (Lipinski definition) is 1. The Hall–Kier alpha value is -2.15. The van der Waals surface area contributed by atoms with E-state index in [-0.39, 0.29) is 11.8 Å². The molecule has 0 radical (unpaired) electrons. The highest BCUT2D eigenvalue weighted by Gasteiger charge is 2.21. The van der Waals surface area contributed by atoms with Gasteiger partial charge in [-0.05, 0) is 24.1 Å². The van der Waals surface area contributed by atoms with Crippen LogP contribution in [0.5, 0.6) is 0 Å². The van der Waals surface area contributed by atoms with Crippen LogP contribution in [-0.2, 0) is 6.42 Å². The molecule has 2 aromatic rings. The van der Waals surface area contributed by atoms with E-state index in [4.69, 9.17) is 0 Å². The number of piperazine rings is 1. The van der Waals surface area contributed by atoms with E-state index in [1.165, 1.54) is 12.1 Å². The summed E-state index contributed by atoms with van der Waals surface area (Å²) < 4.78 is 12.8. The van der Waals surface area contributed by atoms with Gasteiger partial charge in [0.1, 0.15) is 5.82 Å². The van der Waals surface area contributed by atoms with Crippen LogP contribution in [0.1, 0.15) is 5.56 Å². The lowest BCUT2D eigenvalue weighted by atomic mass is 10.1. The molecule has 0 bridgehead atoms. The van der Waals surface area contributed by atoms with Crippen molar-refractivity contribution in [3.05, 3.63) is 47.2 Å². The highest BCUT2D eigenvalue weighted by molar-refractivity contribution is 7.13. The maximum Gasteiger partial charge on any atom is 0.317 e. The number of benzene rings is 1. The van der Waals surface area contributed by atoms with Gasteiger partial charge in [-0.15, -0.1) is 11.3 Å². The number of urea groups is 1. The zero-order chi connectivity index (χ0) is 16.1. The molecule has 2 heterocycles. The normalized spacial score (nSPS) is 14.8. The largest absolute Gasteiger partial charge is 0.345 e. The third-order valence-electron chi connectivity index (χ3n) is 3.86. The van der Waals surface area contributed by atoms with Crippen LogP contribution in [0.2, 0.25) is 0 Å². The molecule has 5 nitrogen and oxygen atoms in total. The molecule has 0 saturated carbocycles. The standard InChI is InChI=1S/C16H19FN4OS/c17-14-3-1-13(2-4-14)5-6-18-15(22)20-8-10-21(11-9-20)16-19-7-12-23-16/h1-4,7,12H,5-6,8-11H2,(H,18,22). The lowest BCUT2D eigenvalue weighted by Gasteiger charge is -2.34. The lowest BCUT2D eigenvalue weighted by Crippen LogP contribution is -2.52. The predicted molar refractivity (Wildman–Crippen MR) is 89.4 cm³/mol. The quantitative estimate of drug-likeness (QED) is 0.934. The summed E-state index contributed by atoms with van der Waals surface area (Å²) in [5.74, 6) is -0.240. The number of carbonyl (C=O) groups is 1. The number of aromatic nitrogens is 1. The zero-order valence-electron chi connectivity index (χ0n) is 12.7. The van der Waals surface area contributed by atoms with Gasteiger partial charge in [0.15, 0.2) is 5.13 Å². The first-order valence-corrected chi connectivity index (χ1v) is 8.52. The Morgan fingerprint density at radius 2 is 1.96 bits per heavy atom. The first kappa shape index (κ1) is 15.7. The molecular weight excluding hydrogens is 315 g/mol. The van der Waals surface area contributed by atoms with E-state index < -0.39 is 0 Å². The molecule has 0 aliphatic carbocycles. The lowest BCUT2D eigenvalue weighted by molar-refractivity contribution is 0.194. The summed E-state index contributed by atoms with van der Waals surface area (Å²) in [4.78, 5) is 20.5. The highest BCUT2D eigenvalue weighted by Crippen LogP contribution is 2.18. The van der Waals surface area contributed by atoms with Gasteiger partial charge >= 0.3 is 6.03 Å². The van der Waals surface area contributed by atoms with E-state index in [1.54, 1.807) is 29.7 Å². The molecule has 1 aliphatic rings. The first-order valence-electron chi connectivity index (χ1n) is 7.64. The van der Waals surface area contributed by atoms with Gasteiger partial charge < -0.3 is 15.1 Å². The maximum atomic E-state index is 12.8. The van der Waals surface area contributed by atoms with Crippen LogP contribution in [0.4, 0.5) is 14.3 Å². The molecule has 1 fully saturated rings. The summed E-state index contributed by atoms with van der Waals surface area (Å²) in [5, 5.41) is 5.90. The van der Waals surface area contributed by atoms with Crippen molar-refractivity contribution in [3.63, 3.8) is 0 Å². The van der Waals surface area contributed by atoms with Crippen LogP contribution < -0.4 is 10.2 Å². The third kappa shape index (κ3) is 4.19. The third-order valence-corrected chi connectivity index (χ3v) is 4.69. The van der Waals surface area contributed by atoms with Gasteiger partial charge in [-0.2, -0.15) is 0 Å². The number of anilines is 1. The number of thiazole rings is 1. The first-order chi connectivity index (χ1) is 11.2. The topological polar surface area (TPSA) is 48.5 Å². The number of nitrogens with one attached hydrogen (secondary N) is 1. The molecule has 1 aromatic heterocycles. The summed E-state index contributed by atoms with van der Waals surface area (Å²) in [6.45, 7) is 3.55. The van der Waals surface area contributed by atoms with Gasteiger partial charge in [-0.25, -0.2) is 14.2 Å². The molecule has 2 amide bonds. The molecule has 7 heteroatoms. The maximum absolute atomic E-state index is 12.8. The monoisotopic (exact) mass is 334 g/mol. The van der Waals surface area contributed by atoms with Gasteiger partial charge in [-0.3, -0.25) is 0 Å². The van der Waals surface area contributed by atoms with Crippen molar-refractivity contribution in [2.24, 2.45) is 0 Å². The molecule has 122 valence electrons. The van der Waals surface area contributed by atoms with E-state index >= 15 is 0 Å². The second-order valence-electron chi connectivity index (χ2n) is 5.40. The Morgan fingerprint density at radius 3 is 2.61 bits per heavy atom. The highest BCUT2D eigenvalue weighted by atomic mass is 32.1. The number of nitrogens with zero attached hydrogens (tertiary/aromatic N) is 3. The van der Waals surface area contributed by atoms with Gasteiger partial charge in [0.2, 0.25) is 0 Å². The summed E-state index contributed by atoms with van der Waals surface area (Å²) in [6, 6.07) is 6.33. The Bertz CT molecular complexity index is 624. The molecule has 1 aliphatic heterocycles. The molecule has 1 N–H and O–H groups in total. The fourth-order valence-corrected chi connectivity index (χ4v) is 3.25. The van der Waals surface area contributed by atoms with E-state index in [1.807, 2.05) is 10.3 Å². The molecule has 1 saturated heterocycles. The van der Waals surface area contributed by atoms with Crippen molar-refractivity contribution in [3.8, 4) is 0 Å². The van der Waals surface area contributed by atoms with Gasteiger partial charge in [0.05, 0.1) is 0 Å². The second kappa shape index (κ2) is 7.41. The molecule has 3 rings (SSSR count). The average Bonchev–Trinajstić information content (AvgIpc) is 3.11. The van der Waals surface area contributed by atoms with Gasteiger partial charge in [0, 0.05) is 44.3 Å². The summed E-state index contributed by atoms with van der Waals surface area (Å²) in [5.41, 5.74) is 1.01. The molecule has 1 aromatic carbocycles. The van der Waals surface area contributed by atoms with Crippen LogP contribution in [0.3, 0.4) is 0 Å². The zero-order valence-corrected chi connectivity index (χ0v) is 13.6. The van der Waals surface area contributed by atoms with Crippen molar-refractivity contribution < 1.29 is 9.18 Å². The van der Waals surface area contributed by atoms with Gasteiger partial charge in [-0.1, -0.05) is 12.1 Å². The van der Waals surface area contributed by atoms with E-state index in [0.29, 0.717) is 26.1 Å². The smallest absolute Gasteiger partial charge is 0.317 e. The average molecular weight is 334 g/mol. The minimum atomic E-state index is -0.240. The Labute approximate surface area is 138 Å². The van der Waals surface area contributed by atoms with Crippen molar-refractivity contribution in [1.82, 2.24) is 15.2 Å². The molecule has 0 atom stereocenters. The van der Waals surface area contributed by atoms with Crippen molar-refractivity contribution >= 4 is 22.5 Å². The summed E-state index contributed by atoms with van der Waals surface area (Å²) in [6.07, 6.45) is 2.50. The number of amides is 2. The van der Waals surface area contributed by atoms with Crippen molar-refractivity contribution in [2.75, 3.05) is 37.6 Å². The number of rotatable bonds is 4. The van der Waals surface area contributed by atoms with Crippen molar-refractivity contribution in [1.29, 1.82) is 0 Å². The second-order valence-corrected chi connectivity index (χ2v) is 6.27. The fourth-order valence-electron chi connectivity index (χ4n) is 2.55. The van der Waals surface area contributed by atoms with Gasteiger partial charge in [0.25, 0.3) is 0 Å². The van der Waals surface area contributed by atoms with Crippen LogP contribution in [-0.4, -0.2) is 48.6 Å². The SMILES string of the molecule is O=C(NCCc1ccc(F)cc1)N1CCN(c2nccs2)CC1. The van der Waals surface area contributed by atoms with Crippen molar-refractivity contribution in [2.45, 2.75) is 6.42 Å². The van der Waals surface area contributed by atoms with Crippen LogP contribution in [0, 0.1) is 5.82 Å². The predicted octanol–water partition coefficient (Wildman–Crippen LogP) is 2.36. The number of carbonyl (C=O) groups excluding carboxylic acids is 1. The molecular formula is C16H19FN4OS. The minimum absolute atomic E-state index is 0.0362.